The number of hydrogen-bond acceptors (Lipinski definition) is 8. The Balaban J connectivity index is 3.14. The van der Waals surface area contributed by atoms with E-state index in [4.69, 9.17) is 9.47 Å². The zero-order valence-electron chi connectivity index (χ0n) is 21.0. The van der Waals surface area contributed by atoms with Crippen LogP contribution in [0.1, 0.15) is 61.3 Å². The van der Waals surface area contributed by atoms with Gasteiger partial charge in [-0.15, -0.1) is 0 Å². The number of aliphatic carboxylic acids is 1. The van der Waals surface area contributed by atoms with Crippen molar-refractivity contribution in [2.75, 3.05) is 13.1 Å². The normalized spacial score (nSPS) is 21.8. The first-order valence-electron chi connectivity index (χ1n) is 11.2. The monoisotopic (exact) mass is 487 g/mol. The van der Waals surface area contributed by atoms with E-state index in [1.807, 2.05) is 0 Å². The number of rotatable bonds is 7. The van der Waals surface area contributed by atoms with E-state index in [2.05, 4.69) is 10.6 Å². The summed E-state index contributed by atoms with van der Waals surface area (Å²) in [4.78, 5) is 51.2. The molecule has 0 radical (unpaired) electrons. The third-order valence-corrected chi connectivity index (χ3v) is 4.97. The van der Waals surface area contributed by atoms with Gasteiger partial charge in [-0.25, -0.2) is 14.4 Å². The maximum absolute atomic E-state index is 13.1. The van der Waals surface area contributed by atoms with Gasteiger partial charge in [0.15, 0.2) is 5.54 Å². The van der Waals surface area contributed by atoms with Gasteiger partial charge in [-0.3, -0.25) is 4.79 Å². The van der Waals surface area contributed by atoms with Crippen LogP contribution in [0.15, 0.2) is 0 Å². The van der Waals surface area contributed by atoms with Gasteiger partial charge in [-0.2, -0.15) is 0 Å². The van der Waals surface area contributed by atoms with Crippen molar-refractivity contribution >= 4 is 31.2 Å². The molecule has 5 N–H and O–H groups in total. The van der Waals surface area contributed by atoms with Gasteiger partial charge >= 0.3 is 25.3 Å². The number of carboxylic acids is 1. The van der Waals surface area contributed by atoms with Crippen LogP contribution in [0, 0.1) is 5.92 Å². The minimum atomic E-state index is -1.87. The highest BCUT2D eigenvalue weighted by Gasteiger charge is 2.49. The molecule has 1 saturated heterocycles. The van der Waals surface area contributed by atoms with E-state index in [1.54, 1.807) is 41.5 Å². The highest BCUT2D eigenvalue weighted by molar-refractivity contribution is 6.40. The summed E-state index contributed by atoms with van der Waals surface area (Å²) < 4.78 is 10.4. The van der Waals surface area contributed by atoms with Gasteiger partial charge in [0.2, 0.25) is 5.91 Å². The summed E-state index contributed by atoms with van der Waals surface area (Å²) in [6.07, 6.45) is -1.65. The largest absolute Gasteiger partial charge is 0.479 e. The number of hydrogen-bond donors (Lipinski definition) is 5. The van der Waals surface area contributed by atoms with Crippen LogP contribution in [0.2, 0.25) is 6.32 Å². The van der Waals surface area contributed by atoms with Gasteiger partial charge in [-0.1, -0.05) is 6.42 Å². The van der Waals surface area contributed by atoms with Crippen molar-refractivity contribution in [3.8, 4) is 0 Å². The van der Waals surface area contributed by atoms with E-state index < -0.39 is 59.9 Å². The van der Waals surface area contributed by atoms with Crippen LogP contribution in [0.25, 0.3) is 0 Å². The molecule has 34 heavy (non-hydrogen) atoms. The van der Waals surface area contributed by atoms with Crippen molar-refractivity contribution in [2.45, 2.75) is 90.4 Å². The number of ether oxygens (including phenoxy) is 2. The highest BCUT2D eigenvalue weighted by Crippen LogP contribution is 2.30. The summed E-state index contributed by atoms with van der Waals surface area (Å²) in [6, 6.07) is -1.04. The number of alkyl carbamates (subject to hydrolysis) is 2. The van der Waals surface area contributed by atoms with E-state index in [0.717, 1.165) is 0 Å². The second kappa shape index (κ2) is 11.3. The van der Waals surface area contributed by atoms with Gasteiger partial charge in [-0.05, 0) is 67.1 Å². The number of piperidine rings is 1. The quantitative estimate of drug-likeness (QED) is 0.328. The van der Waals surface area contributed by atoms with Crippen molar-refractivity contribution in [1.29, 1.82) is 0 Å². The van der Waals surface area contributed by atoms with Crippen LogP contribution in [-0.2, 0) is 19.1 Å². The number of carbonyl (C=O) groups is 4. The summed E-state index contributed by atoms with van der Waals surface area (Å²) >= 11 is 0. The minimum Gasteiger partial charge on any atom is -0.479 e. The van der Waals surface area contributed by atoms with Crippen molar-refractivity contribution < 1.29 is 43.8 Å². The average molecular weight is 487 g/mol. The molecule has 0 unspecified atom stereocenters. The molecule has 0 spiro atoms. The van der Waals surface area contributed by atoms with Crippen molar-refractivity contribution in [1.82, 2.24) is 15.5 Å². The number of nitrogens with one attached hydrogen (secondary N) is 2. The third kappa shape index (κ3) is 9.76. The standard InChI is InChI=1S/C21H38BN3O9/c1-13(23-17(29)33-19(2,3)4)15(26)25-11-14(8-9-22(31)32)10-21(12-25,16(27)28)24-18(30)34-20(5,6)7/h13-14,31-32H,8-12H2,1-7H3,(H,23,29)(H,24,30)(H,27,28)/t13-,14-,21+/m0/s1. The van der Waals surface area contributed by atoms with E-state index in [1.165, 1.54) is 11.8 Å². The van der Waals surface area contributed by atoms with Crippen molar-refractivity contribution in [2.24, 2.45) is 5.92 Å². The van der Waals surface area contributed by atoms with Crippen molar-refractivity contribution in [3.05, 3.63) is 0 Å². The second-order valence-corrected chi connectivity index (χ2v) is 10.7. The lowest BCUT2D eigenvalue weighted by Gasteiger charge is -2.44. The average Bonchev–Trinajstić information content (AvgIpc) is 2.62. The molecule has 1 fully saturated rings. The first-order chi connectivity index (χ1) is 15.3. The summed E-state index contributed by atoms with van der Waals surface area (Å²) in [5, 5.41) is 33.4. The summed E-state index contributed by atoms with van der Waals surface area (Å²) in [5.41, 5.74) is -3.52. The minimum absolute atomic E-state index is 0.0411. The third-order valence-electron chi connectivity index (χ3n) is 4.97. The fourth-order valence-corrected chi connectivity index (χ4v) is 3.69. The molecule has 1 aliphatic heterocycles. The maximum atomic E-state index is 13.1. The first kappa shape index (κ1) is 29.5. The van der Waals surface area contributed by atoms with Gasteiger partial charge in [0.1, 0.15) is 17.2 Å². The SMILES string of the molecule is C[C@H](NC(=O)OC(C)(C)C)C(=O)N1C[C@@H](CCB(O)O)C[C@](NC(=O)OC(C)(C)C)(C(=O)O)C1. The zero-order chi connectivity index (χ0) is 26.5. The fourth-order valence-electron chi connectivity index (χ4n) is 3.69. The van der Waals surface area contributed by atoms with Gasteiger partial charge in [0.25, 0.3) is 0 Å². The van der Waals surface area contributed by atoms with E-state index >= 15 is 0 Å². The van der Waals surface area contributed by atoms with Crippen LogP contribution >= 0.6 is 0 Å². The lowest BCUT2D eigenvalue weighted by atomic mass is 9.75. The van der Waals surface area contributed by atoms with Crippen LogP contribution in [0.4, 0.5) is 9.59 Å². The molecule has 0 saturated carbocycles. The maximum Gasteiger partial charge on any atom is 0.451 e. The van der Waals surface area contributed by atoms with E-state index in [0.29, 0.717) is 0 Å². The van der Waals surface area contributed by atoms with Gasteiger partial charge in [0, 0.05) is 6.54 Å². The smallest absolute Gasteiger partial charge is 0.451 e. The van der Waals surface area contributed by atoms with E-state index in [9.17, 15) is 34.3 Å². The molecule has 0 aromatic heterocycles. The number of likely N-dealkylation sites (tertiary alicyclic amines) is 1. The molecule has 1 rings (SSSR count). The molecular formula is C21H38BN3O9. The lowest BCUT2D eigenvalue weighted by molar-refractivity contribution is -0.152. The first-order valence-corrected chi connectivity index (χ1v) is 11.2. The highest BCUT2D eigenvalue weighted by atomic mass is 16.6. The van der Waals surface area contributed by atoms with Crippen LogP contribution in [0.3, 0.4) is 0 Å². The Labute approximate surface area is 200 Å². The molecule has 3 amide bonds. The molecule has 0 aromatic carbocycles. The zero-order valence-corrected chi connectivity index (χ0v) is 21.0. The number of amides is 3. The van der Waals surface area contributed by atoms with Crippen LogP contribution < -0.4 is 10.6 Å². The summed E-state index contributed by atoms with van der Waals surface area (Å²) in [6.45, 7) is 11.1. The summed E-state index contributed by atoms with van der Waals surface area (Å²) in [7, 11) is -1.60. The Hall–Kier alpha value is -2.54. The molecule has 1 heterocycles. The number of nitrogens with zero attached hydrogens (tertiary/aromatic N) is 1. The molecule has 0 aliphatic carbocycles. The molecule has 0 bridgehead atoms. The summed E-state index contributed by atoms with van der Waals surface area (Å²) in [5.74, 6) is -2.41. The van der Waals surface area contributed by atoms with E-state index in [-0.39, 0.29) is 32.3 Å². The molecule has 1 aliphatic rings. The topological polar surface area (TPSA) is 175 Å². The predicted octanol–water partition coefficient (Wildman–Crippen LogP) is 0.959. The second-order valence-electron chi connectivity index (χ2n) is 10.7. The fraction of sp³-hybridized carbons (Fsp3) is 0.810. The molecule has 194 valence electrons. The van der Waals surface area contributed by atoms with Crippen LogP contribution in [0.5, 0.6) is 0 Å². The Kier molecular flexibility index (Phi) is 9.77. The lowest BCUT2D eigenvalue weighted by Crippen LogP contribution is -2.67. The molecular weight excluding hydrogens is 449 g/mol. The Bertz CT molecular complexity index is 764. The molecule has 0 aromatic rings. The van der Waals surface area contributed by atoms with Crippen LogP contribution in [-0.4, -0.2) is 87.1 Å². The Morgan fingerprint density at radius 3 is 2.06 bits per heavy atom. The molecule has 13 heteroatoms. The Morgan fingerprint density at radius 2 is 1.59 bits per heavy atom. The molecule has 12 nitrogen and oxygen atoms in total. The molecule has 3 atom stereocenters. The Morgan fingerprint density at radius 1 is 1.06 bits per heavy atom. The number of carbonyl (C=O) groups excluding carboxylic acids is 3. The van der Waals surface area contributed by atoms with Gasteiger partial charge in [0.05, 0.1) is 6.54 Å². The number of carboxylic acid groups (broad SMARTS) is 1. The predicted molar refractivity (Wildman–Crippen MR) is 123 cm³/mol. The van der Waals surface area contributed by atoms with Crippen molar-refractivity contribution in [3.63, 3.8) is 0 Å². The van der Waals surface area contributed by atoms with Gasteiger partial charge < -0.3 is 40.2 Å².